The molecule has 1 unspecified atom stereocenters. The van der Waals surface area contributed by atoms with Crippen LogP contribution in [0.25, 0.3) is 11.4 Å². The van der Waals surface area contributed by atoms with Crippen molar-refractivity contribution >= 4 is 17.7 Å². The normalized spacial score (nSPS) is 14.3. The zero-order valence-electron chi connectivity index (χ0n) is 20.9. The number of alkyl carbamates (subject to hydrolysis) is 1. The maximum atomic E-state index is 14.8. The highest BCUT2D eigenvalue weighted by Crippen LogP contribution is 2.27. The van der Waals surface area contributed by atoms with Gasteiger partial charge in [0.05, 0.1) is 5.69 Å². The lowest BCUT2D eigenvalue weighted by atomic mass is 10.0. The molecule has 0 radical (unpaired) electrons. The average molecular weight is 494 g/mol. The van der Waals surface area contributed by atoms with Gasteiger partial charge in [0.25, 0.3) is 0 Å². The number of anilines is 1. The van der Waals surface area contributed by atoms with E-state index in [2.05, 4.69) is 25.4 Å². The predicted molar refractivity (Wildman–Crippen MR) is 135 cm³/mol. The van der Waals surface area contributed by atoms with E-state index in [4.69, 9.17) is 4.74 Å². The van der Waals surface area contributed by atoms with E-state index < -0.39 is 29.5 Å². The van der Waals surface area contributed by atoms with Crippen molar-refractivity contribution in [1.82, 2.24) is 20.1 Å². The zero-order valence-corrected chi connectivity index (χ0v) is 20.9. The highest BCUT2D eigenvalue weighted by molar-refractivity contribution is 5.97. The second kappa shape index (κ2) is 10.9. The first-order chi connectivity index (χ1) is 17.2. The monoisotopic (exact) mass is 493 g/mol. The average Bonchev–Trinajstić information content (AvgIpc) is 3.07. The van der Waals surface area contributed by atoms with Gasteiger partial charge in [-0.1, -0.05) is 36.8 Å². The van der Waals surface area contributed by atoms with Gasteiger partial charge in [-0.05, 0) is 57.4 Å². The molecule has 8 nitrogen and oxygen atoms in total. The van der Waals surface area contributed by atoms with Crippen LogP contribution in [0.15, 0.2) is 48.5 Å². The first kappa shape index (κ1) is 25.3. The second-order valence-corrected chi connectivity index (χ2v) is 9.97. The number of carbonyl (C=O) groups excluding carboxylic acids is 2. The van der Waals surface area contributed by atoms with Crippen LogP contribution in [0.2, 0.25) is 0 Å². The Bertz CT molecular complexity index is 1220. The number of benzene rings is 2. The molecule has 0 aliphatic carbocycles. The third kappa shape index (κ3) is 6.47. The predicted octanol–water partition coefficient (Wildman–Crippen LogP) is 4.89. The number of carbonyl (C=O) groups is 2. The van der Waals surface area contributed by atoms with E-state index in [0.29, 0.717) is 11.4 Å². The van der Waals surface area contributed by atoms with Crippen molar-refractivity contribution in [2.24, 2.45) is 0 Å². The lowest BCUT2D eigenvalue weighted by Crippen LogP contribution is -2.47. The van der Waals surface area contributed by atoms with Crippen LogP contribution >= 0.6 is 0 Å². The molecule has 190 valence electrons. The van der Waals surface area contributed by atoms with Gasteiger partial charge in [0.1, 0.15) is 23.3 Å². The maximum Gasteiger partial charge on any atom is 0.408 e. The Kier molecular flexibility index (Phi) is 7.67. The minimum Gasteiger partial charge on any atom is -0.444 e. The van der Waals surface area contributed by atoms with Crippen molar-refractivity contribution < 1.29 is 18.7 Å². The van der Waals surface area contributed by atoms with Crippen LogP contribution in [0.1, 0.15) is 51.4 Å². The van der Waals surface area contributed by atoms with Gasteiger partial charge in [0.2, 0.25) is 5.91 Å². The van der Waals surface area contributed by atoms with Gasteiger partial charge in [-0.25, -0.2) is 9.18 Å². The minimum atomic E-state index is -0.977. The molecule has 0 bridgehead atoms. The van der Waals surface area contributed by atoms with Crippen LogP contribution in [0, 0.1) is 5.82 Å². The largest absolute Gasteiger partial charge is 0.444 e. The number of fused-ring (bicyclic) bond motifs is 1. The fraction of sp³-hybridized carbons (Fsp3) is 0.407. The Morgan fingerprint density at radius 3 is 2.61 bits per heavy atom. The summed E-state index contributed by atoms with van der Waals surface area (Å²) in [7, 11) is 0. The van der Waals surface area contributed by atoms with Crippen molar-refractivity contribution in [2.45, 2.75) is 71.1 Å². The van der Waals surface area contributed by atoms with Crippen LogP contribution in [-0.2, 0) is 28.9 Å². The molecular weight excluding hydrogens is 461 g/mol. The summed E-state index contributed by atoms with van der Waals surface area (Å²) in [5.41, 5.74) is 0.780. The molecule has 2 amide bonds. The maximum absolute atomic E-state index is 14.8. The quantitative estimate of drug-likeness (QED) is 0.510. The molecule has 36 heavy (non-hydrogen) atoms. The number of rotatable bonds is 6. The summed E-state index contributed by atoms with van der Waals surface area (Å²) >= 11 is 0. The first-order valence-corrected chi connectivity index (χ1v) is 12.3. The Morgan fingerprint density at radius 2 is 1.86 bits per heavy atom. The van der Waals surface area contributed by atoms with Crippen LogP contribution in [0.4, 0.5) is 14.9 Å². The van der Waals surface area contributed by atoms with E-state index in [1.54, 1.807) is 32.9 Å². The molecule has 2 N–H and O–H groups in total. The van der Waals surface area contributed by atoms with Crippen molar-refractivity contribution in [2.75, 3.05) is 5.32 Å². The van der Waals surface area contributed by atoms with E-state index in [9.17, 15) is 14.0 Å². The van der Waals surface area contributed by atoms with Gasteiger partial charge in [-0.2, -0.15) is 0 Å². The number of halogens is 1. The molecule has 1 atom stereocenters. The summed E-state index contributed by atoms with van der Waals surface area (Å²) in [6.07, 6.45) is 3.57. The van der Waals surface area contributed by atoms with Crippen molar-refractivity contribution in [3.8, 4) is 11.4 Å². The number of nitrogens with one attached hydrogen (secondary N) is 2. The third-order valence-electron chi connectivity index (χ3n) is 5.88. The van der Waals surface area contributed by atoms with Gasteiger partial charge in [0.15, 0.2) is 5.82 Å². The molecule has 0 spiro atoms. The summed E-state index contributed by atoms with van der Waals surface area (Å²) in [6.45, 7) is 6.02. The van der Waals surface area contributed by atoms with E-state index in [-0.39, 0.29) is 12.1 Å². The van der Waals surface area contributed by atoms with Gasteiger partial charge >= 0.3 is 6.09 Å². The van der Waals surface area contributed by atoms with Gasteiger partial charge in [0, 0.05) is 24.9 Å². The third-order valence-corrected chi connectivity index (χ3v) is 5.88. The molecule has 1 aliphatic rings. The summed E-state index contributed by atoms with van der Waals surface area (Å²) < 4.78 is 22.2. The Hall–Kier alpha value is -3.75. The zero-order chi connectivity index (χ0) is 25.7. The SMILES string of the molecule is CC(C)(C)OC(=O)NC(Cc1ccccc1)C(=O)Nc1cc(-c2nnc3n2CCCCC3)ccc1F. The van der Waals surface area contributed by atoms with Crippen LogP contribution < -0.4 is 10.6 Å². The molecule has 0 saturated heterocycles. The first-order valence-electron chi connectivity index (χ1n) is 12.3. The van der Waals surface area contributed by atoms with Crippen molar-refractivity contribution in [3.05, 3.63) is 65.7 Å². The fourth-order valence-electron chi connectivity index (χ4n) is 4.19. The number of aryl methyl sites for hydroxylation is 1. The van der Waals surface area contributed by atoms with Gasteiger partial charge in [-0.15, -0.1) is 10.2 Å². The molecular formula is C27H32FN5O3. The lowest BCUT2D eigenvalue weighted by molar-refractivity contribution is -0.118. The van der Waals surface area contributed by atoms with Gasteiger partial charge < -0.3 is 19.9 Å². The number of nitrogens with zero attached hydrogens (tertiary/aromatic N) is 3. The molecule has 0 fully saturated rings. The van der Waals surface area contributed by atoms with Gasteiger partial charge in [-0.3, -0.25) is 4.79 Å². The molecule has 4 rings (SSSR count). The van der Waals surface area contributed by atoms with Crippen molar-refractivity contribution in [1.29, 1.82) is 0 Å². The van der Waals surface area contributed by atoms with Crippen molar-refractivity contribution in [3.63, 3.8) is 0 Å². The number of hydrogen-bond acceptors (Lipinski definition) is 5. The summed E-state index contributed by atoms with van der Waals surface area (Å²) in [4.78, 5) is 25.7. The standard InChI is InChI=1S/C27H32FN5O3/c1-27(2,3)36-26(35)30-22(16-18-10-6-4-7-11-18)25(34)29-21-17-19(13-14-20(21)28)24-32-31-23-12-8-5-9-15-33(23)24/h4,6-7,10-11,13-14,17,22H,5,8-9,12,15-16H2,1-3H3,(H,29,34)(H,30,35). The van der Waals surface area contributed by atoms with Crippen LogP contribution in [0.3, 0.4) is 0 Å². The molecule has 3 aromatic rings. The Morgan fingerprint density at radius 1 is 1.08 bits per heavy atom. The van der Waals surface area contributed by atoms with Crippen LogP contribution in [0.5, 0.6) is 0 Å². The van der Waals surface area contributed by atoms with E-state index in [1.807, 2.05) is 30.3 Å². The topological polar surface area (TPSA) is 98.1 Å². The molecule has 2 heterocycles. The molecule has 9 heteroatoms. The number of ether oxygens (including phenoxy) is 1. The molecule has 1 aliphatic heterocycles. The highest BCUT2D eigenvalue weighted by Gasteiger charge is 2.26. The molecule has 0 saturated carbocycles. The lowest BCUT2D eigenvalue weighted by Gasteiger charge is -2.23. The van der Waals surface area contributed by atoms with E-state index in [1.165, 1.54) is 6.07 Å². The molecule has 2 aromatic carbocycles. The number of hydrogen-bond donors (Lipinski definition) is 2. The van der Waals surface area contributed by atoms with E-state index in [0.717, 1.165) is 43.6 Å². The Balaban J connectivity index is 1.56. The second-order valence-electron chi connectivity index (χ2n) is 9.97. The van der Waals surface area contributed by atoms with E-state index >= 15 is 0 Å². The molecule has 1 aromatic heterocycles. The number of amides is 2. The van der Waals surface area contributed by atoms with Crippen LogP contribution in [-0.4, -0.2) is 38.4 Å². The summed E-state index contributed by atoms with van der Waals surface area (Å²) in [6, 6.07) is 12.8. The minimum absolute atomic E-state index is 0.00697. The fourth-order valence-corrected chi connectivity index (χ4v) is 4.19. The summed E-state index contributed by atoms with van der Waals surface area (Å²) in [5, 5.41) is 13.9. The smallest absolute Gasteiger partial charge is 0.408 e. The number of aromatic nitrogens is 3. The highest BCUT2D eigenvalue weighted by atomic mass is 19.1. The Labute approximate surface area is 210 Å². The summed E-state index contributed by atoms with van der Waals surface area (Å²) in [5.74, 6) is 0.427.